The third-order valence-corrected chi connectivity index (χ3v) is 5.10. The van der Waals surface area contributed by atoms with Crippen LogP contribution >= 0.6 is 0 Å². The third kappa shape index (κ3) is 3.05. The van der Waals surface area contributed by atoms with E-state index >= 15 is 0 Å². The van der Waals surface area contributed by atoms with E-state index in [0.717, 1.165) is 18.4 Å². The predicted molar refractivity (Wildman–Crippen MR) is 83.4 cm³/mol. The number of nitriles is 1. The Labute approximate surface area is 140 Å². The third-order valence-electron chi connectivity index (χ3n) is 5.10. The second-order valence-electron chi connectivity index (χ2n) is 6.64. The molecule has 6 heteroatoms. The van der Waals surface area contributed by atoms with Gasteiger partial charge in [0.15, 0.2) is 0 Å². The average Bonchev–Trinajstić information content (AvgIpc) is 3.40. The first kappa shape index (κ1) is 17.0. The van der Waals surface area contributed by atoms with Crippen molar-refractivity contribution < 1.29 is 23.4 Å². The summed E-state index contributed by atoms with van der Waals surface area (Å²) in [5, 5.41) is 19.6. The number of aliphatic hydroxyl groups is 1. The van der Waals surface area contributed by atoms with E-state index in [0.29, 0.717) is 37.0 Å². The highest BCUT2D eigenvalue weighted by molar-refractivity contribution is 5.57. The summed E-state index contributed by atoms with van der Waals surface area (Å²) < 4.78 is 35.7. The molecule has 2 aliphatic carbocycles. The van der Waals surface area contributed by atoms with Crippen LogP contribution in [0.1, 0.15) is 55.6 Å². The lowest BCUT2D eigenvalue weighted by molar-refractivity contribution is -0.0505. The molecule has 1 aromatic rings. The monoisotopic (exact) mass is 337 g/mol. The van der Waals surface area contributed by atoms with Gasteiger partial charge in [0.1, 0.15) is 11.5 Å². The molecule has 0 aromatic heterocycles. The molecule has 0 amide bonds. The predicted octanol–water partition coefficient (Wildman–Crippen LogP) is 3.87. The Morgan fingerprint density at radius 2 is 1.92 bits per heavy atom. The van der Waals surface area contributed by atoms with Crippen LogP contribution in [0, 0.1) is 11.3 Å². The van der Waals surface area contributed by atoms with E-state index in [9.17, 15) is 19.1 Å². The molecule has 0 aliphatic heterocycles. The summed E-state index contributed by atoms with van der Waals surface area (Å²) in [6.45, 7) is -2.90. The van der Waals surface area contributed by atoms with Gasteiger partial charge in [-0.25, -0.2) is 0 Å². The number of ether oxygens (including phenoxy) is 2. The number of benzene rings is 1. The molecule has 0 heterocycles. The van der Waals surface area contributed by atoms with Crippen molar-refractivity contribution in [3.05, 3.63) is 23.3 Å². The molecule has 2 aliphatic rings. The SMILES string of the molecule is COc1c(C2(C#N)CCC(O)CC2)ccc(OC(F)F)c1C1CC1. The normalized spacial score (nSPS) is 26.9. The van der Waals surface area contributed by atoms with Gasteiger partial charge in [0.2, 0.25) is 0 Å². The van der Waals surface area contributed by atoms with Crippen molar-refractivity contribution in [1.29, 1.82) is 5.26 Å². The highest BCUT2D eigenvalue weighted by Crippen LogP contribution is 2.53. The van der Waals surface area contributed by atoms with E-state index in [2.05, 4.69) is 10.8 Å². The second kappa shape index (κ2) is 6.56. The molecule has 2 fully saturated rings. The molecule has 0 radical (unpaired) electrons. The summed E-state index contributed by atoms with van der Waals surface area (Å²) in [5.41, 5.74) is 0.622. The van der Waals surface area contributed by atoms with Crippen LogP contribution in [0.15, 0.2) is 12.1 Å². The Morgan fingerprint density at radius 1 is 1.25 bits per heavy atom. The van der Waals surface area contributed by atoms with E-state index in [1.54, 1.807) is 6.07 Å². The molecule has 24 heavy (non-hydrogen) atoms. The molecule has 0 spiro atoms. The minimum Gasteiger partial charge on any atom is -0.496 e. The molecule has 1 aromatic carbocycles. The highest BCUT2D eigenvalue weighted by atomic mass is 19.3. The fourth-order valence-electron chi connectivity index (χ4n) is 3.67. The van der Waals surface area contributed by atoms with Crippen molar-refractivity contribution in [3.8, 4) is 17.6 Å². The van der Waals surface area contributed by atoms with E-state index < -0.39 is 12.0 Å². The van der Waals surface area contributed by atoms with Crippen LogP contribution < -0.4 is 9.47 Å². The van der Waals surface area contributed by atoms with Crippen molar-refractivity contribution >= 4 is 0 Å². The molecule has 3 rings (SSSR count). The van der Waals surface area contributed by atoms with Gasteiger partial charge < -0.3 is 14.6 Å². The largest absolute Gasteiger partial charge is 0.496 e. The van der Waals surface area contributed by atoms with Crippen molar-refractivity contribution in [1.82, 2.24) is 0 Å². The number of hydrogen-bond donors (Lipinski definition) is 1. The zero-order chi connectivity index (χ0) is 17.3. The maximum Gasteiger partial charge on any atom is 0.387 e. The number of aliphatic hydroxyl groups excluding tert-OH is 1. The molecule has 0 bridgehead atoms. The standard InChI is InChI=1S/C18H21F2NO3/c1-23-16-13(18(10-21)8-6-12(22)7-9-18)4-5-14(24-17(19)20)15(16)11-2-3-11/h4-5,11-12,17,22H,2-3,6-9H2,1H3. The van der Waals surface area contributed by atoms with Crippen LogP contribution in [-0.4, -0.2) is 24.9 Å². The Hall–Kier alpha value is -1.87. The highest BCUT2D eigenvalue weighted by Gasteiger charge is 2.42. The fraction of sp³-hybridized carbons (Fsp3) is 0.611. The lowest BCUT2D eigenvalue weighted by Gasteiger charge is -2.35. The van der Waals surface area contributed by atoms with Gasteiger partial charge in [0.05, 0.1) is 24.7 Å². The minimum absolute atomic E-state index is 0.136. The van der Waals surface area contributed by atoms with Gasteiger partial charge in [-0.2, -0.15) is 14.0 Å². The molecule has 0 unspecified atom stereocenters. The number of alkyl halides is 2. The van der Waals surface area contributed by atoms with Gasteiger partial charge in [-0.1, -0.05) is 6.07 Å². The van der Waals surface area contributed by atoms with Crippen molar-refractivity contribution in [2.75, 3.05) is 7.11 Å². The smallest absolute Gasteiger partial charge is 0.387 e. The second-order valence-corrected chi connectivity index (χ2v) is 6.64. The first-order valence-electron chi connectivity index (χ1n) is 8.26. The van der Waals surface area contributed by atoms with Crippen LogP contribution in [0.25, 0.3) is 0 Å². The summed E-state index contributed by atoms with van der Waals surface area (Å²) in [6, 6.07) is 5.60. The van der Waals surface area contributed by atoms with Gasteiger partial charge in [-0.15, -0.1) is 0 Å². The summed E-state index contributed by atoms with van der Waals surface area (Å²) >= 11 is 0. The Morgan fingerprint density at radius 3 is 2.42 bits per heavy atom. The number of nitrogens with zero attached hydrogens (tertiary/aromatic N) is 1. The summed E-state index contributed by atoms with van der Waals surface area (Å²) in [5.74, 6) is 0.768. The lowest BCUT2D eigenvalue weighted by Crippen LogP contribution is -2.32. The first-order valence-corrected chi connectivity index (χ1v) is 8.26. The van der Waals surface area contributed by atoms with E-state index in [1.165, 1.54) is 13.2 Å². The van der Waals surface area contributed by atoms with Gasteiger partial charge >= 0.3 is 6.61 Å². The quantitative estimate of drug-likeness (QED) is 0.886. The van der Waals surface area contributed by atoms with Crippen LogP contribution in [0.4, 0.5) is 8.78 Å². The molecule has 2 saturated carbocycles. The van der Waals surface area contributed by atoms with Gasteiger partial charge in [0, 0.05) is 11.1 Å². The molecule has 0 atom stereocenters. The Balaban J connectivity index is 2.08. The Bertz CT molecular complexity index is 644. The first-order chi connectivity index (χ1) is 11.5. The molecule has 4 nitrogen and oxygen atoms in total. The number of methoxy groups -OCH3 is 1. The number of hydrogen-bond acceptors (Lipinski definition) is 4. The summed E-state index contributed by atoms with van der Waals surface area (Å²) in [4.78, 5) is 0. The van der Waals surface area contributed by atoms with Gasteiger partial charge in [-0.3, -0.25) is 0 Å². The zero-order valence-electron chi connectivity index (χ0n) is 13.6. The molecule has 1 N–H and O–H groups in total. The maximum atomic E-state index is 12.7. The summed E-state index contributed by atoms with van der Waals surface area (Å²) in [6.07, 6.45) is 3.56. The van der Waals surface area contributed by atoms with E-state index in [4.69, 9.17) is 4.74 Å². The van der Waals surface area contributed by atoms with Crippen LogP contribution in [0.5, 0.6) is 11.5 Å². The van der Waals surface area contributed by atoms with Crippen molar-refractivity contribution in [2.24, 2.45) is 0 Å². The van der Waals surface area contributed by atoms with Crippen LogP contribution in [0.3, 0.4) is 0 Å². The van der Waals surface area contributed by atoms with E-state index in [-0.39, 0.29) is 17.8 Å². The molecule has 130 valence electrons. The molecular formula is C18H21F2NO3. The Kier molecular flexibility index (Phi) is 4.64. The average molecular weight is 337 g/mol. The minimum atomic E-state index is -2.90. The van der Waals surface area contributed by atoms with Crippen molar-refractivity contribution in [3.63, 3.8) is 0 Å². The van der Waals surface area contributed by atoms with Crippen LogP contribution in [-0.2, 0) is 5.41 Å². The van der Waals surface area contributed by atoms with Gasteiger partial charge in [0.25, 0.3) is 0 Å². The molecular weight excluding hydrogens is 316 g/mol. The molecule has 0 saturated heterocycles. The number of halogens is 2. The summed E-state index contributed by atoms with van der Waals surface area (Å²) in [7, 11) is 1.50. The lowest BCUT2D eigenvalue weighted by atomic mass is 9.69. The van der Waals surface area contributed by atoms with Gasteiger partial charge in [-0.05, 0) is 50.5 Å². The van der Waals surface area contributed by atoms with Crippen molar-refractivity contribution in [2.45, 2.75) is 62.6 Å². The topological polar surface area (TPSA) is 62.5 Å². The fourth-order valence-corrected chi connectivity index (χ4v) is 3.67. The number of rotatable bonds is 5. The van der Waals surface area contributed by atoms with Crippen LogP contribution in [0.2, 0.25) is 0 Å². The maximum absolute atomic E-state index is 12.7. The van der Waals surface area contributed by atoms with E-state index in [1.807, 2.05) is 0 Å². The zero-order valence-corrected chi connectivity index (χ0v) is 13.6.